The van der Waals surface area contributed by atoms with Crippen molar-refractivity contribution in [2.75, 3.05) is 19.8 Å². The van der Waals surface area contributed by atoms with Gasteiger partial charge >= 0.3 is 12.3 Å². The van der Waals surface area contributed by atoms with Gasteiger partial charge in [0.15, 0.2) is 0 Å². The van der Waals surface area contributed by atoms with Gasteiger partial charge in [0, 0.05) is 12.7 Å². The van der Waals surface area contributed by atoms with Crippen LogP contribution in [0, 0.1) is 0 Å². The number of amides is 1. The Balaban J connectivity index is 1.94. The standard InChI is InChI=1S/C15H18F4N2O2/c16-14(17)15(18,19)10-23-9-13(22)21-8-4-2-6-12(21)11-5-1-3-7-20-11/h1,3,5,7,12,14H,2,4,6,8-10H2/t12-/m1/s1. The van der Waals surface area contributed by atoms with Crippen LogP contribution < -0.4 is 0 Å². The number of hydrogen-bond acceptors (Lipinski definition) is 3. The van der Waals surface area contributed by atoms with Gasteiger partial charge in [-0.1, -0.05) is 6.07 Å². The summed E-state index contributed by atoms with van der Waals surface area (Å²) in [6.07, 6.45) is 0.244. The highest BCUT2D eigenvalue weighted by molar-refractivity contribution is 5.78. The van der Waals surface area contributed by atoms with Crippen LogP contribution in [0.1, 0.15) is 31.0 Å². The van der Waals surface area contributed by atoms with Gasteiger partial charge in [-0.05, 0) is 31.4 Å². The summed E-state index contributed by atoms with van der Waals surface area (Å²) >= 11 is 0. The quantitative estimate of drug-likeness (QED) is 0.751. The van der Waals surface area contributed by atoms with Crippen LogP contribution in [-0.4, -0.2) is 47.9 Å². The minimum absolute atomic E-state index is 0.239. The van der Waals surface area contributed by atoms with E-state index in [1.807, 2.05) is 0 Å². The number of alkyl halides is 4. The summed E-state index contributed by atoms with van der Waals surface area (Å²) in [6.45, 7) is -1.65. The largest absolute Gasteiger partial charge is 0.365 e. The number of halogens is 4. The highest BCUT2D eigenvalue weighted by Crippen LogP contribution is 2.30. The average Bonchev–Trinajstić information content (AvgIpc) is 2.55. The second-order valence-corrected chi connectivity index (χ2v) is 5.41. The highest BCUT2D eigenvalue weighted by Gasteiger charge is 2.41. The van der Waals surface area contributed by atoms with Gasteiger partial charge in [-0.2, -0.15) is 8.78 Å². The number of nitrogens with zero attached hydrogens (tertiary/aromatic N) is 2. The van der Waals surface area contributed by atoms with Gasteiger partial charge in [-0.3, -0.25) is 9.78 Å². The second-order valence-electron chi connectivity index (χ2n) is 5.41. The summed E-state index contributed by atoms with van der Waals surface area (Å²) in [5.41, 5.74) is 0.721. The number of carbonyl (C=O) groups excluding carboxylic acids is 1. The Labute approximate surface area is 131 Å². The van der Waals surface area contributed by atoms with Crippen LogP contribution in [0.5, 0.6) is 0 Å². The van der Waals surface area contributed by atoms with Crippen molar-refractivity contribution in [3.8, 4) is 0 Å². The minimum atomic E-state index is -4.25. The molecule has 0 aromatic carbocycles. The summed E-state index contributed by atoms with van der Waals surface area (Å²) in [7, 11) is 0. The van der Waals surface area contributed by atoms with E-state index < -0.39 is 31.5 Å². The monoisotopic (exact) mass is 334 g/mol. The predicted octanol–water partition coefficient (Wildman–Crippen LogP) is 3.05. The first-order chi connectivity index (χ1) is 10.9. The van der Waals surface area contributed by atoms with Crippen LogP contribution in [0.15, 0.2) is 24.4 Å². The fourth-order valence-electron chi connectivity index (χ4n) is 2.53. The third-order valence-corrected chi connectivity index (χ3v) is 3.69. The van der Waals surface area contributed by atoms with Crippen molar-refractivity contribution in [2.45, 2.75) is 37.7 Å². The van der Waals surface area contributed by atoms with E-state index in [9.17, 15) is 22.4 Å². The third-order valence-electron chi connectivity index (χ3n) is 3.69. The molecule has 1 aliphatic rings. The molecule has 1 aromatic rings. The zero-order valence-corrected chi connectivity index (χ0v) is 12.4. The maximum Gasteiger partial charge on any atom is 0.330 e. The molecule has 0 N–H and O–H groups in total. The van der Waals surface area contributed by atoms with Crippen molar-refractivity contribution in [2.24, 2.45) is 0 Å². The molecule has 0 unspecified atom stereocenters. The van der Waals surface area contributed by atoms with E-state index in [-0.39, 0.29) is 6.04 Å². The van der Waals surface area contributed by atoms with Gasteiger partial charge in [0.2, 0.25) is 5.91 Å². The number of pyridine rings is 1. The van der Waals surface area contributed by atoms with E-state index in [0.717, 1.165) is 25.0 Å². The SMILES string of the molecule is O=C(COCC(F)(F)C(F)F)N1CCCC[C@@H]1c1ccccn1. The summed E-state index contributed by atoms with van der Waals surface area (Å²) in [6, 6.07) is 5.12. The lowest BCUT2D eigenvalue weighted by Crippen LogP contribution is -2.42. The van der Waals surface area contributed by atoms with Crippen molar-refractivity contribution < 1.29 is 27.1 Å². The lowest BCUT2D eigenvalue weighted by atomic mass is 9.99. The summed E-state index contributed by atoms with van der Waals surface area (Å²) in [5, 5.41) is 0. The van der Waals surface area contributed by atoms with Crippen LogP contribution in [0.3, 0.4) is 0 Å². The first kappa shape index (κ1) is 17.7. The van der Waals surface area contributed by atoms with Crippen LogP contribution in [0.25, 0.3) is 0 Å². The first-order valence-corrected chi connectivity index (χ1v) is 7.36. The molecule has 1 fully saturated rings. The van der Waals surface area contributed by atoms with E-state index in [1.54, 1.807) is 24.4 Å². The molecule has 0 saturated carbocycles. The van der Waals surface area contributed by atoms with Crippen molar-refractivity contribution in [3.05, 3.63) is 30.1 Å². The van der Waals surface area contributed by atoms with Gasteiger partial charge in [-0.25, -0.2) is 8.78 Å². The molecule has 23 heavy (non-hydrogen) atoms. The molecule has 8 heteroatoms. The lowest BCUT2D eigenvalue weighted by Gasteiger charge is -2.35. The summed E-state index contributed by atoms with van der Waals surface area (Å²) < 4.78 is 54.1. The molecule has 0 aliphatic carbocycles. The molecule has 2 rings (SSSR count). The topological polar surface area (TPSA) is 42.4 Å². The van der Waals surface area contributed by atoms with E-state index in [2.05, 4.69) is 9.72 Å². The Morgan fingerprint density at radius 2 is 2.17 bits per heavy atom. The Hall–Kier alpha value is -1.70. The second kappa shape index (κ2) is 7.72. The van der Waals surface area contributed by atoms with Crippen molar-refractivity contribution in [1.82, 2.24) is 9.88 Å². The van der Waals surface area contributed by atoms with Gasteiger partial charge in [-0.15, -0.1) is 0 Å². The maximum atomic E-state index is 12.8. The molecule has 1 aromatic heterocycles. The van der Waals surface area contributed by atoms with E-state index in [4.69, 9.17) is 0 Å². The molecule has 0 radical (unpaired) electrons. The number of hydrogen-bond donors (Lipinski definition) is 0. The third kappa shape index (κ3) is 4.63. The smallest absolute Gasteiger partial charge is 0.330 e. The number of rotatable bonds is 6. The molecule has 2 heterocycles. The molecule has 1 atom stereocenters. The molecule has 0 spiro atoms. The molecule has 1 amide bonds. The van der Waals surface area contributed by atoms with E-state index >= 15 is 0 Å². The van der Waals surface area contributed by atoms with Gasteiger partial charge in [0.1, 0.15) is 13.2 Å². The Bertz CT molecular complexity index is 513. The number of ether oxygens (including phenoxy) is 1. The van der Waals surface area contributed by atoms with Crippen LogP contribution in [-0.2, 0) is 9.53 Å². The van der Waals surface area contributed by atoms with Crippen LogP contribution >= 0.6 is 0 Å². The molecule has 128 valence electrons. The zero-order chi connectivity index (χ0) is 16.9. The van der Waals surface area contributed by atoms with Gasteiger partial charge in [0.25, 0.3) is 0 Å². The first-order valence-electron chi connectivity index (χ1n) is 7.36. The van der Waals surface area contributed by atoms with Crippen molar-refractivity contribution in [3.63, 3.8) is 0 Å². The van der Waals surface area contributed by atoms with Gasteiger partial charge in [0.05, 0.1) is 11.7 Å². The minimum Gasteiger partial charge on any atom is -0.365 e. The molecular weight excluding hydrogens is 316 g/mol. The molecule has 0 bridgehead atoms. The van der Waals surface area contributed by atoms with Crippen molar-refractivity contribution in [1.29, 1.82) is 0 Å². The van der Waals surface area contributed by atoms with Crippen LogP contribution in [0.2, 0.25) is 0 Å². The lowest BCUT2D eigenvalue weighted by molar-refractivity contribution is -0.172. The number of likely N-dealkylation sites (tertiary alicyclic amines) is 1. The molecule has 4 nitrogen and oxygen atoms in total. The Kier molecular flexibility index (Phi) is 5.92. The van der Waals surface area contributed by atoms with Gasteiger partial charge < -0.3 is 9.64 Å². The average molecular weight is 334 g/mol. The number of aromatic nitrogens is 1. The summed E-state index contributed by atoms with van der Waals surface area (Å²) in [5.74, 6) is -4.74. The highest BCUT2D eigenvalue weighted by atomic mass is 19.3. The van der Waals surface area contributed by atoms with Crippen molar-refractivity contribution >= 4 is 5.91 Å². The normalized spacial score (nSPS) is 19.2. The Morgan fingerprint density at radius 3 is 2.83 bits per heavy atom. The molecular formula is C15H18F4N2O2. The predicted molar refractivity (Wildman–Crippen MR) is 74.3 cm³/mol. The molecule has 1 aliphatic heterocycles. The fourth-order valence-corrected chi connectivity index (χ4v) is 2.53. The zero-order valence-electron chi connectivity index (χ0n) is 12.4. The summed E-state index contributed by atoms with van der Waals surface area (Å²) in [4.78, 5) is 17.9. The number of carbonyl (C=O) groups is 1. The fraction of sp³-hybridized carbons (Fsp3) is 0.600. The number of piperidine rings is 1. The molecule has 1 saturated heterocycles. The Morgan fingerprint density at radius 1 is 1.39 bits per heavy atom. The van der Waals surface area contributed by atoms with Crippen LogP contribution in [0.4, 0.5) is 17.6 Å². The maximum absolute atomic E-state index is 12.8. The van der Waals surface area contributed by atoms with E-state index in [0.29, 0.717) is 6.54 Å². The van der Waals surface area contributed by atoms with E-state index in [1.165, 1.54) is 4.90 Å².